The number of halogens is 1. The molecule has 26 heavy (non-hydrogen) atoms. The molecule has 1 aliphatic heterocycles. The lowest BCUT2D eigenvalue weighted by molar-refractivity contribution is 0.0263. The minimum absolute atomic E-state index is 0. The molecule has 1 unspecified atom stereocenters. The summed E-state index contributed by atoms with van der Waals surface area (Å²) >= 11 is 0. The first-order valence-corrected chi connectivity index (χ1v) is 9.50. The lowest BCUT2D eigenvalue weighted by Gasteiger charge is -2.34. The van der Waals surface area contributed by atoms with Gasteiger partial charge in [-0.1, -0.05) is 12.1 Å². The van der Waals surface area contributed by atoms with Crippen LogP contribution in [0.5, 0.6) is 5.75 Å². The summed E-state index contributed by atoms with van der Waals surface area (Å²) in [6.07, 6.45) is 2.56. The minimum atomic E-state index is 0. The van der Waals surface area contributed by atoms with E-state index in [9.17, 15) is 0 Å². The van der Waals surface area contributed by atoms with E-state index in [1.54, 1.807) is 0 Å². The summed E-state index contributed by atoms with van der Waals surface area (Å²) in [7, 11) is 0. The van der Waals surface area contributed by atoms with Crippen molar-refractivity contribution in [1.29, 1.82) is 0 Å². The van der Waals surface area contributed by atoms with E-state index in [4.69, 9.17) is 14.5 Å². The van der Waals surface area contributed by atoms with Crippen LogP contribution in [0.3, 0.4) is 0 Å². The van der Waals surface area contributed by atoms with Gasteiger partial charge < -0.3 is 19.7 Å². The molecular formula is C20H34IN3O2. The maximum atomic E-state index is 5.99. The Bertz CT molecular complexity index is 546. The quantitative estimate of drug-likeness (QED) is 0.370. The van der Waals surface area contributed by atoms with Gasteiger partial charge in [-0.3, -0.25) is 0 Å². The average molecular weight is 475 g/mol. The molecule has 0 bridgehead atoms. The van der Waals surface area contributed by atoms with Crippen LogP contribution in [0.25, 0.3) is 0 Å². The van der Waals surface area contributed by atoms with Crippen molar-refractivity contribution in [3.05, 3.63) is 29.8 Å². The number of guanidine groups is 1. The third-order valence-corrected chi connectivity index (χ3v) is 4.30. The third-order valence-electron chi connectivity index (χ3n) is 4.30. The summed E-state index contributed by atoms with van der Waals surface area (Å²) in [5.74, 6) is 1.89. The van der Waals surface area contributed by atoms with Crippen LogP contribution in [0.1, 0.15) is 39.2 Å². The second-order valence-electron chi connectivity index (χ2n) is 6.58. The fourth-order valence-electron chi connectivity index (χ4n) is 3.07. The third kappa shape index (κ3) is 7.70. The molecule has 0 radical (unpaired) electrons. The van der Waals surface area contributed by atoms with Crippen molar-refractivity contribution in [3.8, 4) is 5.75 Å². The molecule has 0 saturated carbocycles. The van der Waals surface area contributed by atoms with Gasteiger partial charge in [0.15, 0.2) is 5.96 Å². The number of likely N-dealkylation sites (tertiary alicyclic amines) is 1. The van der Waals surface area contributed by atoms with Gasteiger partial charge in [0, 0.05) is 26.2 Å². The minimum Gasteiger partial charge on any atom is -0.489 e. The Morgan fingerprint density at radius 2 is 2.04 bits per heavy atom. The number of benzene rings is 1. The second kappa shape index (κ2) is 12.4. The molecule has 1 aliphatic rings. The van der Waals surface area contributed by atoms with Crippen molar-refractivity contribution < 1.29 is 9.47 Å². The highest BCUT2D eigenvalue weighted by Gasteiger charge is 2.21. The molecule has 1 aromatic carbocycles. The Morgan fingerprint density at radius 1 is 1.31 bits per heavy atom. The van der Waals surface area contributed by atoms with E-state index >= 15 is 0 Å². The van der Waals surface area contributed by atoms with Gasteiger partial charge in [-0.25, -0.2) is 4.99 Å². The largest absolute Gasteiger partial charge is 0.489 e. The highest BCUT2D eigenvalue weighted by Crippen LogP contribution is 2.15. The number of hydrogen-bond acceptors (Lipinski definition) is 3. The number of rotatable bonds is 7. The number of piperidine rings is 1. The monoisotopic (exact) mass is 475 g/mol. The number of hydrogen-bond donors (Lipinski definition) is 1. The van der Waals surface area contributed by atoms with E-state index in [0.717, 1.165) is 50.8 Å². The predicted molar refractivity (Wildman–Crippen MR) is 119 cm³/mol. The Kier molecular flexibility index (Phi) is 11.0. The first-order chi connectivity index (χ1) is 12.1. The van der Waals surface area contributed by atoms with E-state index in [2.05, 4.69) is 50.0 Å². The molecule has 1 fully saturated rings. The molecule has 6 heteroatoms. The van der Waals surface area contributed by atoms with E-state index in [0.29, 0.717) is 12.6 Å². The lowest BCUT2D eigenvalue weighted by atomic mass is 10.1. The Hall–Kier alpha value is -1.02. The second-order valence-corrected chi connectivity index (χ2v) is 6.58. The summed E-state index contributed by atoms with van der Waals surface area (Å²) in [5, 5.41) is 3.41. The summed E-state index contributed by atoms with van der Waals surface area (Å²) in [6.45, 7) is 12.6. The topological polar surface area (TPSA) is 46.1 Å². The average Bonchev–Trinajstić information content (AvgIpc) is 2.60. The van der Waals surface area contributed by atoms with Crippen molar-refractivity contribution in [2.45, 2.75) is 52.7 Å². The summed E-state index contributed by atoms with van der Waals surface area (Å²) in [6, 6.07) is 8.15. The Labute approximate surface area is 175 Å². The van der Waals surface area contributed by atoms with Crippen LogP contribution in [-0.2, 0) is 4.74 Å². The number of aliphatic imine (C=N–C) groups is 1. The van der Waals surface area contributed by atoms with Gasteiger partial charge in [0.05, 0.1) is 12.6 Å². The van der Waals surface area contributed by atoms with Crippen LogP contribution >= 0.6 is 24.0 Å². The van der Waals surface area contributed by atoms with Crippen LogP contribution in [0.15, 0.2) is 29.3 Å². The molecule has 1 aromatic rings. The Balaban J connectivity index is 0.00000338. The fraction of sp³-hybridized carbons (Fsp3) is 0.650. The zero-order chi connectivity index (χ0) is 18.1. The van der Waals surface area contributed by atoms with Crippen molar-refractivity contribution in [2.75, 3.05) is 32.8 Å². The molecule has 0 aromatic heterocycles. The van der Waals surface area contributed by atoms with Crippen LogP contribution in [-0.4, -0.2) is 55.9 Å². The zero-order valence-corrected chi connectivity index (χ0v) is 18.9. The summed E-state index contributed by atoms with van der Waals surface area (Å²) < 4.78 is 11.7. The van der Waals surface area contributed by atoms with Gasteiger partial charge in [-0.05, 0) is 58.2 Å². The van der Waals surface area contributed by atoms with Crippen LogP contribution in [0.2, 0.25) is 0 Å². The number of ether oxygens (including phenoxy) is 2. The van der Waals surface area contributed by atoms with Gasteiger partial charge >= 0.3 is 0 Å². The molecule has 148 valence electrons. The van der Waals surface area contributed by atoms with E-state index in [-0.39, 0.29) is 30.1 Å². The molecule has 0 spiro atoms. The maximum Gasteiger partial charge on any atom is 0.194 e. The standard InChI is InChI=1S/C20H33N3O2.HI/c1-5-21-20(23-12-10-18(11-13-23)24-6-2)22-15-17(4)25-19-9-7-8-16(3)14-19;/h7-9,14,17-18H,5-6,10-13,15H2,1-4H3,(H,21,22);1H. The van der Waals surface area contributed by atoms with Gasteiger partial charge in [0.2, 0.25) is 0 Å². The first kappa shape index (κ1) is 23.0. The van der Waals surface area contributed by atoms with Crippen LogP contribution < -0.4 is 10.1 Å². The van der Waals surface area contributed by atoms with Crippen molar-refractivity contribution in [3.63, 3.8) is 0 Å². The van der Waals surface area contributed by atoms with Gasteiger partial charge in [-0.2, -0.15) is 0 Å². The molecule has 1 saturated heterocycles. The van der Waals surface area contributed by atoms with E-state index in [1.807, 2.05) is 12.1 Å². The fourth-order valence-corrected chi connectivity index (χ4v) is 3.07. The summed E-state index contributed by atoms with van der Waals surface area (Å²) in [5.41, 5.74) is 1.21. The molecular weight excluding hydrogens is 441 g/mol. The molecule has 0 amide bonds. The molecule has 1 heterocycles. The van der Waals surface area contributed by atoms with Gasteiger partial charge in [0.25, 0.3) is 0 Å². The molecule has 2 rings (SSSR count). The maximum absolute atomic E-state index is 5.99. The van der Waals surface area contributed by atoms with Gasteiger partial charge in [-0.15, -0.1) is 24.0 Å². The number of nitrogens with one attached hydrogen (secondary N) is 1. The lowest BCUT2D eigenvalue weighted by Crippen LogP contribution is -2.47. The summed E-state index contributed by atoms with van der Waals surface area (Å²) in [4.78, 5) is 7.12. The van der Waals surface area contributed by atoms with Crippen molar-refractivity contribution in [1.82, 2.24) is 10.2 Å². The van der Waals surface area contributed by atoms with Crippen LogP contribution in [0, 0.1) is 6.92 Å². The smallest absolute Gasteiger partial charge is 0.194 e. The first-order valence-electron chi connectivity index (χ1n) is 9.50. The van der Waals surface area contributed by atoms with E-state index in [1.165, 1.54) is 5.56 Å². The predicted octanol–water partition coefficient (Wildman–Crippen LogP) is 3.85. The van der Waals surface area contributed by atoms with Gasteiger partial charge in [0.1, 0.15) is 11.9 Å². The molecule has 0 aliphatic carbocycles. The zero-order valence-electron chi connectivity index (χ0n) is 16.5. The normalized spacial score (nSPS) is 16.8. The highest BCUT2D eigenvalue weighted by atomic mass is 127. The number of nitrogens with zero attached hydrogens (tertiary/aromatic N) is 2. The van der Waals surface area contributed by atoms with E-state index < -0.39 is 0 Å². The molecule has 5 nitrogen and oxygen atoms in total. The van der Waals surface area contributed by atoms with Crippen molar-refractivity contribution >= 4 is 29.9 Å². The Morgan fingerprint density at radius 3 is 2.65 bits per heavy atom. The van der Waals surface area contributed by atoms with Crippen molar-refractivity contribution in [2.24, 2.45) is 4.99 Å². The molecule has 1 N–H and O–H groups in total. The SMILES string of the molecule is CCNC(=NCC(C)Oc1cccc(C)c1)N1CCC(OCC)CC1.I. The number of aryl methyl sites for hydroxylation is 1. The van der Waals surface area contributed by atoms with Crippen LogP contribution in [0.4, 0.5) is 0 Å². The highest BCUT2D eigenvalue weighted by molar-refractivity contribution is 14.0. The molecule has 1 atom stereocenters.